The second-order valence-corrected chi connectivity index (χ2v) is 18.1. The zero-order valence-electron chi connectivity index (χ0n) is 14.0. The molecule has 0 saturated carbocycles. The van der Waals surface area contributed by atoms with Crippen molar-refractivity contribution in [2.24, 2.45) is 0 Å². The van der Waals surface area contributed by atoms with E-state index in [0.717, 1.165) is 3.07 Å². The summed E-state index contributed by atoms with van der Waals surface area (Å²) in [6.07, 6.45) is 0. The summed E-state index contributed by atoms with van der Waals surface area (Å²) in [4.78, 5) is 12.1. The second kappa shape index (κ2) is 9.28. The van der Waals surface area contributed by atoms with Crippen molar-refractivity contribution in [2.45, 2.75) is 0 Å². The molecule has 3 rings (SSSR count). The van der Waals surface area contributed by atoms with Crippen molar-refractivity contribution in [3.63, 3.8) is 0 Å². The molecule has 0 aliphatic heterocycles. The Morgan fingerprint density at radius 1 is 0.704 bits per heavy atom. The van der Waals surface area contributed by atoms with Crippen LogP contribution in [-0.4, -0.2) is 5.97 Å². The summed E-state index contributed by atoms with van der Waals surface area (Å²) < 4.78 is 62.1. The van der Waals surface area contributed by atoms with Gasteiger partial charge >= 0.3 is 179 Å². The molecule has 0 bridgehead atoms. The number of carbonyl (C=O) groups is 1. The first-order chi connectivity index (χ1) is 13.0. The van der Waals surface area contributed by atoms with Crippen molar-refractivity contribution in [3.8, 4) is 0 Å². The molecule has 0 fully saturated rings. The van der Waals surface area contributed by atoms with Gasteiger partial charge in [-0.25, -0.2) is 0 Å². The van der Waals surface area contributed by atoms with Crippen LogP contribution in [0, 0.1) is 23.3 Å². The second-order valence-electron chi connectivity index (χ2n) is 5.82. The topological polar surface area (TPSA) is 26.3 Å². The molecule has 0 aliphatic carbocycles. The van der Waals surface area contributed by atoms with E-state index in [4.69, 9.17) is 2.64 Å². The average Bonchev–Trinajstić information content (AvgIpc) is 2.71. The first kappa shape index (κ1) is 20.5. The molecule has 0 unspecified atom stereocenters. The van der Waals surface area contributed by atoms with Gasteiger partial charge in [-0.05, 0) is 0 Å². The van der Waals surface area contributed by atoms with Crippen LogP contribution < -0.4 is 9.22 Å². The number of rotatable bonds is 5. The molecular formula is C19H10F4Hg2O2. The van der Waals surface area contributed by atoms with Gasteiger partial charge in [0, 0.05) is 0 Å². The van der Waals surface area contributed by atoms with Crippen molar-refractivity contribution in [1.29, 1.82) is 0 Å². The predicted octanol–water partition coefficient (Wildman–Crippen LogP) is 2.76. The summed E-state index contributed by atoms with van der Waals surface area (Å²) in [7, 11) is 0. The molecule has 8 heteroatoms. The fraction of sp³-hybridized carbons (Fsp3) is 0. The first-order valence-electron chi connectivity index (χ1n) is 8.08. The Labute approximate surface area is 178 Å². The van der Waals surface area contributed by atoms with Crippen LogP contribution in [0.5, 0.6) is 0 Å². The van der Waals surface area contributed by atoms with E-state index in [9.17, 15) is 22.4 Å². The van der Waals surface area contributed by atoms with Crippen LogP contribution in [0.3, 0.4) is 0 Å². The maximum atomic E-state index is 14.4. The molecule has 0 saturated heterocycles. The zero-order chi connectivity index (χ0) is 19.4. The molecule has 0 atom stereocenters. The summed E-state index contributed by atoms with van der Waals surface area (Å²) in [5, 5.41) is 0. The van der Waals surface area contributed by atoms with Crippen LogP contribution in [0.25, 0.3) is 0 Å². The van der Waals surface area contributed by atoms with Gasteiger partial charge in [0.2, 0.25) is 0 Å². The number of benzene rings is 3. The molecule has 27 heavy (non-hydrogen) atoms. The third-order valence-corrected chi connectivity index (χ3v) is 24.8. The number of halogens is 4. The average molecular weight is 747 g/mol. The quantitative estimate of drug-likeness (QED) is 0.174. The molecule has 3 aromatic rings. The van der Waals surface area contributed by atoms with E-state index >= 15 is 0 Å². The third kappa shape index (κ3) is 4.77. The zero-order valence-corrected chi connectivity index (χ0v) is 25.0. The van der Waals surface area contributed by atoms with Crippen LogP contribution in [0.4, 0.5) is 17.6 Å². The standard InChI is InChI=1S/C7H6O2.C6F4.C6H5.2Hg/c8-7(9)6-4-2-1-3-5-6;7-3-1-2-4(8)6(10)5(3)9;1-2-4-6-5-3-1;;/h1-5H,(H,8,9);;1-5H;;/q;;;;+1/p-1. The fourth-order valence-corrected chi connectivity index (χ4v) is 20.7. The van der Waals surface area contributed by atoms with Gasteiger partial charge in [-0.2, -0.15) is 0 Å². The minimum atomic E-state index is -3.04. The van der Waals surface area contributed by atoms with E-state index in [0.29, 0.717) is 0 Å². The molecule has 2 nitrogen and oxygen atoms in total. The van der Waals surface area contributed by atoms with Gasteiger partial charge in [-0.1, -0.05) is 0 Å². The fourth-order valence-electron chi connectivity index (χ4n) is 2.65. The van der Waals surface area contributed by atoms with Crippen molar-refractivity contribution >= 4 is 15.2 Å². The van der Waals surface area contributed by atoms with Gasteiger partial charge in [-0.3, -0.25) is 0 Å². The van der Waals surface area contributed by atoms with E-state index in [1.165, 1.54) is 12.1 Å². The van der Waals surface area contributed by atoms with E-state index < -0.39 is 78.8 Å². The van der Waals surface area contributed by atoms with Crippen molar-refractivity contribution in [1.82, 2.24) is 0 Å². The van der Waals surface area contributed by atoms with Crippen LogP contribution in [0.15, 0.2) is 60.7 Å². The Balaban J connectivity index is 1.94. The maximum absolute atomic E-state index is 14.4. The van der Waals surface area contributed by atoms with Crippen LogP contribution in [0.2, 0.25) is 0 Å². The molecule has 0 aliphatic rings. The van der Waals surface area contributed by atoms with Crippen molar-refractivity contribution < 1.29 is 74.6 Å². The van der Waals surface area contributed by atoms with Gasteiger partial charge in [-0.15, -0.1) is 0 Å². The van der Waals surface area contributed by atoms with Crippen molar-refractivity contribution in [3.05, 3.63) is 89.5 Å². The Morgan fingerprint density at radius 3 is 1.81 bits per heavy atom. The van der Waals surface area contributed by atoms with E-state index in [2.05, 4.69) is 0 Å². The Hall–Kier alpha value is -1.28. The third-order valence-electron chi connectivity index (χ3n) is 4.05. The minimum absolute atomic E-state index is 0.0693. The summed E-state index contributed by atoms with van der Waals surface area (Å²) in [6.45, 7) is 0. The Bertz CT molecular complexity index is 967. The Morgan fingerprint density at radius 2 is 1.22 bits per heavy atom. The molecule has 0 spiro atoms. The molecule has 0 N–H and O–H groups in total. The van der Waals surface area contributed by atoms with Crippen molar-refractivity contribution in [2.75, 3.05) is 0 Å². The SMILES string of the molecule is O=C([O][Hg][c]1c(F)c(F)c(F)c(F)[c]1[Hg][c]1ccccc1)c1ccccc1. The van der Waals surface area contributed by atoms with Crippen LogP contribution >= 0.6 is 0 Å². The van der Waals surface area contributed by atoms with Gasteiger partial charge < -0.3 is 0 Å². The van der Waals surface area contributed by atoms with E-state index in [1.807, 2.05) is 0 Å². The van der Waals surface area contributed by atoms with Crippen LogP contribution in [-0.2, 0) is 52.2 Å². The van der Waals surface area contributed by atoms with Gasteiger partial charge in [0.25, 0.3) is 0 Å². The van der Waals surface area contributed by atoms with E-state index in [-0.39, 0.29) is 11.7 Å². The molecule has 0 heterocycles. The van der Waals surface area contributed by atoms with Gasteiger partial charge in [0.15, 0.2) is 0 Å². The molecule has 130 valence electrons. The summed E-state index contributed by atoms with van der Waals surface area (Å²) >= 11 is -5.55. The van der Waals surface area contributed by atoms with Gasteiger partial charge in [0.1, 0.15) is 0 Å². The normalized spacial score (nSPS) is 10.1. The molecular weight excluding hydrogens is 737 g/mol. The summed E-state index contributed by atoms with van der Waals surface area (Å²) in [5.41, 5.74) is 0.273. The molecule has 0 radical (unpaired) electrons. The first-order valence-corrected chi connectivity index (χ1v) is 18.6. The van der Waals surface area contributed by atoms with Gasteiger partial charge in [0.05, 0.1) is 0 Å². The number of hydrogen-bond acceptors (Lipinski definition) is 2. The number of hydrogen-bond donors (Lipinski definition) is 0. The monoisotopic (exact) mass is 750 g/mol. The summed E-state index contributed by atoms with van der Waals surface area (Å²) in [6, 6.07) is 16.9. The Kier molecular flexibility index (Phi) is 7.03. The molecule has 0 aromatic heterocycles. The van der Waals surface area contributed by atoms with E-state index in [1.54, 1.807) is 48.5 Å². The van der Waals surface area contributed by atoms with Crippen LogP contribution in [0.1, 0.15) is 10.4 Å². The summed E-state index contributed by atoms with van der Waals surface area (Å²) in [5.74, 6) is -7.06. The predicted molar refractivity (Wildman–Crippen MR) is 83.5 cm³/mol. The molecule has 3 aromatic carbocycles. The molecule has 0 amide bonds. The number of carbonyl (C=O) groups excluding carboxylic acids is 1.